The molecule has 0 heterocycles. The fourth-order valence-electron chi connectivity index (χ4n) is 2.88. The van der Waals surface area contributed by atoms with Crippen LogP contribution in [0.25, 0.3) is 6.08 Å². The van der Waals surface area contributed by atoms with Gasteiger partial charge in [-0.25, -0.2) is 0 Å². The summed E-state index contributed by atoms with van der Waals surface area (Å²) in [6.45, 7) is 8.10. The second-order valence-electron chi connectivity index (χ2n) is 7.91. The highest BCUT2D eigenvalue weighted by Crippen LogP contribution is 2.38. The van der Waals surface area contributed by atoms with Gasteiger partial charge in [-0.15, -0.1) is 0 Å². The molecule has 2 unspecified atom stereocenters. The Bertz CT molecular complexity index is 721. The largest absolute Gasteiger partial charge is 0.481 e. The number of carboxylic acid groups (broad SMARTS) is 1. The molecule has 0 saturated carbocycles. The smallest absolute Gasteiger partial charge is 0.310 e. The summed E-state index contributed by atoms with van der Waals surface area (Å²) in [6, 6.07) is 7.92. The van der Waals surface area contributed by atoms with Crippen LogP contribution in [0.15, 0.2) is 29.8 Å². The third-order valence-corrected chi connectivity index (χ3v) is 5.21. The lowest BCUT2D eigenvalue weighted by atomic mass is 9.86. The van der Waals surface area contributed by atoms with Gasteiger partial charge in [0.05, 0.1) is 5.92 Å². The van der Waals surface area contributed by atoms with Crippen LogP contribution in [0.4, 0.5) is 0 Å². The first-order valence-corrected chi connectivity index (χ1v) is 9.56. The van der Waals surface area contributed by atoms with Gasteiger partial charge in [-0.3, -0.25) is 14.2 Å². The highest BCUT2D eigenvalue weighted by atomic mass is 31.1. The summed E-state index contributed by atoms with van der Waals surface area (Å²) < 4.78 is 11.6. The molecule has 0 saturated heterocycles. The van der Waals surface area contributed by atoms with Crippen molar-refractivity contribution in [3.63, 3.8) is 0 Å². The quantitative estimate of drug-likeness (QED) is 0.553. The van der Waals surface area contributed by atoms with Gasteiger partial charge in [0.15, 0.2) is 13.8 Å². The van der Waals surface area contributed by atoms with Gasteiger partial charge >= 0.3 is 5.97 Å². The lowest BCUT2D eigenvalue weighted by Gasteiger charge is -2.27. The molecule has 0 aromatic heterocycles. The van der Waals surface area contributed by atoms with Gasteiger partial charge in [-0.05, 0) is 29.9 Å². The zero-order valence-electron chi connectivity index (χ0n) is 16.2. The van der Waals surface area contributed by atoms with E-state index in [1.807, 2.05) is 30.3 Å². The van der Waals surface area contributed by atoms with E-state index in [0.29, 0.717) is 5.57 Å². The van der Waals surface area contributed by atoms with Crippen LogP contribution < -0.4 is 5.73 Å². The number of rotatable bonds is 9. The molecule has 0 spiro atoms. The Morgan fingerprint density at radius 1 is 1.22 bits per heavy atom. The number of carboxylic acids is 1. The molecule has 1 rings (SSSR count). The number of hydrogen-bond acceptors (Lipinski definition) is 4. The Hall–Kier alpha value is -2.04. The molecule has 0 bridgehead atoms. The minimum absolute atomic E-state index is 0.0358. The maximum Gasteiger partial charge on any atom is 0.310 e. The standard InChI is InChI=1S/C20H28NO5P/c1-13(11-14-5-7-15(8-6-14)19(2,3)4)12-20(25,27-26)16(18(23)24)9-10-17(21)22/h5-8,11,16,25H,9-10,12H2,1-4H3,(H2,21,22)(H,23,24)/b13-11+. The molecule has 0 aliphatic heterocycles. The first-order chi connectivity index (χ1) is 12.4. The van der Waals surface area contributed by atoms with E-state index in [1.54, 1.807) is 6.92 Å². The highest BCUT2D eigenvalue weighted by molar-refractivity contribution is 7.25. The zero-order valence-corrected chi connectivity index (χ0v) is 17.1. The molecular weight excluding hydrogens is 365 g/mol. The van der Waals surface area contributed by atoms with E-state index in [9.17, 15) is 24.4 Å². The van der Waals surface area contributed by atoms with Crippen molar-refractivity contribution >= 4 is 26.4 Å². The Kier molecular flexibility index (Phi) is 7.88. The molecule has 0 aliphatic rings. The van der Waals surface area contributed by atoms with Crippen molar-refractivity contribution in [2.45, 2.75) is 57.7 Å². The number of aliphatic carboxylic acids is 1. The molecular formula is C20H28NO5P. The van der Waals surface area contributed by atoms with E-state index in [4.69, 9.17) is 5.73 Å². The van der Waals surface area contributed by atoms with Crippen molar-refractivity contribution in [3.05, 3.63) is 41.0 Å². The number of aliphatic hydroxyl groups is 1. The minimum atomic E-state index is -2.01. The number of nitrogens with two attached hydrogens (primary N) is 1. The van der Waals surface area contributed by atoms with Crippen LogP contribution in [-0.4, -0.2) is 27.4 Å². The lowest BCUT2D eigenvalue weighted by molar-refractivity contribution is -0.147. The van der Waals surface area contributed by atoms with E-state index in [-0.39, 0.29) is 24.7 Å². The van der Waals surface area contributed by atoms with Gasteiger partial charge in [-0.2, -0.15) is 0 Å². The highest BCUT2D eigenvalue weighted by Gasteiger charge is 2.42. The molecule has 0 radical (unpaired) electrons. The van der Waals surface area contributed by atoms with Gasteiger partial charge in [0, 0.05) is 12.8 Å². The third-order valence-electron chi connectivity index (χ3n) is 4.42. The van der Waals surface area contributed by atoms with E-state index < -0.39 is 31.6 Å². The number of primary amides is 1. The maximum atomic E-state index is 11.6. The monoisotopic (exact) mass is 393 g/mol. The number of benzene rings is 1. The summed E-state index contributed by atoms with van der Waals surface area (Å²) in [6.07, 6.45) is 1.33. The molecule has 0 aliphatic carbocycles. The van der Waals surface area contributed by atoms with E-state index in [1.165, 1.54) is 5.56 Å². The normalized spacial score (nSPS) is 16.0. The summed E-state index contributed by atoms with van der Waals surface area (Å²) in [5.74, 6) is -3.35. The first kappa shape index (κ1) is 23.0. The predicted octanol–water partition coefficient (Wildman–Crippen LogP) is 3.72. The average Bonchev–Trinajstić information content (AvgIpc) is 2.53. The van der Waals surface area contributed by atoms with Gasteiger partial charge in [0.25, 0.3) is 0 Å². The summed E-state index contributed by atoms with van der Waals surface area (Å²) in [4.78, 5) is 22.5. The number of amides is 1. The topological polar surface area (TPSA) is 118 Å². The Morgan fingerprint density at radius 3 is 2.19 bits per heavy atom. The van der Waals surface area contributed by atoms with Crippen molar-refractivity contribution in [2.75, 3.05) is 0 Å². The lowest BCUT2D eigenvalue weighted by Crippen LogP contribution is -2.38. The van der Waals surface area contributed by atoms with Crippen LogP contribution in [0.1, 0.15) is 58.1 Å². The SMILES string of the molecule is C/C(=C\c1ccc(C(C)(C)C)cc1)CC(O)(P=O)C(CCC(N)=O)C(=O)O. The second kappa shape index (κ2) is 9.25. The Balaban J connectivity index is 3.02. The number of hydrogen-bond donors (Lipinski definition) is 3. The fourth-order valence-corrected chi connectivity index (χ4v) is 3.56. The second-order valence-corrected chi connectivity index (χ2v) is 8.86. The van der Waals surface area contributed by atoms with Crippen LogP contribution in [0.3, 0.4) is 0 Å². The summed E-state index contributed by atoms with van der Waals surface area (Å²) in [7, 11) is -0.705. The zero-order chi connectivity index (χ0) is 20.8. The minimum Gasteiger partial charge on any atom is -0.481 e. The Labute approximate surface area is 161 Å². The molecule has 0 fully saturated rings. The Morgan fingerprint density at radius 2 is 1.78 bits per heavy atom. The van der Waals surface area contributed by atoms with Gasteiger partial charge < -0.3 is 15.9 Å². The average molecular weight is 393 g/mol. The van der Waals surface area contributed by atoms with Crippen molar-refractivity contribution in [1.82, 2.24) is 0 Å². The van der Waals surface area contributed by atoms with Crippen LogP contribution in [-0.2, 0) is 19.6 Å². The molecule has 7 heteroatoms. The van der Waals surface area contributed by atoms with Crippen molar-refractivity contribution < 1.29 is 24.4 Å². The fraction of sp³-hybridized carbons (Fsp3) is 0.500. The molecule has 148 valence electrons. The van der Waals surface area contributed by atoms with Gasteiger partial charge in [0.2, 0.25) is 5.91 Å². The van der Waals surface area contributed by atoms with Crippen molar-refractivity contribution in [1.29, 1.82) is 0 Å². The van der Waals surface area contributed by atoms with E-state index >= 15 is 0 Å². The van der Waals surface area contributed by atoms with Crippen LogP contribution in [0, 0.1) is 5.92 Å². The van der Waals surface area contributed by atoms with Gasteiger partial charge in [-0.1, -0.05) is 56.7 Å². The molecule has 1 amide bonds. The maximum absolute atomic E-state index is 11.6. The van der Waals surface area contributed by atoms with Crippen LogP contribution >= 0.6 is 8.46 Å². The summed E-state index contributed by atoms with van der Waals surface area (Å²) in [5.41, 5.74) is 7.86. The number of carbonyl (C=O) groups is 2. The first-order valence-electron chi connectivity index (χ1n) is 8.75. The molecule has 27 heavy (non-hydrogen) atoms. The molecule has 4 N–H and O–H groups in total. The van der Waals surface area contributed by atoms with Crippen molar-refractivity contribution in [3.8, 4) is 0 Å². The van der Waals surface area contributed by atoms with Gasteiger partial charge in [0.1, 0.15) is 0 Å². The van der Waals surface area contributed by atoms with E-state index in [2.05, 4.69) is 20.8 Å². The number of carbonyl (C=O) groups excluding carboxylic acids is 1. The summed E-state index contributed by atoms with van der Waals surface area (Å²) >= 11 is 0. The van der Waals surface area contributed by atoms with Crippen LogP contribution in [0.2, 0.25) is 0 Å². The van der Waals surface area contributed by atoms with Crippen LogP contribution in [0.5, 0.6) is 0 Å². The molecule has 6 nitrogen and oxygen atoms in total. The predicted molar refractivity (Wildman–Crippen MR) is 106 cm³/mol. The van der Waals surface area contributed by atoms with Crippen molar-refractivity contribution in [2.24, 2.45) is 11.7 Å². The van der Waals surface area contributed by atoms with E-state index in [0.717, 1.165) is 5.56 Å². The summed E-state index contributed by atoms with van der Waals surface area (Å²) in [5, 5.41) is 18.0. The molecule has 1 aromatic rings. The third kappa shape index (κ3) is 6.89. The molecule has 1 aromatic carbocycles. The molecule has 2 atom stereocenters.